The van der Waals surface area contributed by atoms with E-state index in [2.05, 4.69) is 0 Å². The minimum absolute atomic E-state index is 0.704. The van der Waals surface area contributed by atoms with Crippen molar-refractivity contribution in [3.8, 4) is 0 Å². The SMILES string of the molecule is [2H]C([2H])([2H])C(C)(C(=O)O)C([2H])([2H])[2H]. The first-order valence-electron chi connectivity index (χ1n) is 4.68. The minimum atomic E-state index is -3.05. The van der Waals surface area contributed by atoms with Crippen LogP contribution in [0.15, 0.2) is 0 Å². The number of aliphatic carboxylic acids is 1. The zero-order valence-electron chi connectivity index (χ0n) is 9.86. The lowest BCUT2D eigenvalue weighted by Crippen LogP contribution is -2.18. The highest BCUT2D eigenvalue weighted by Crippen LogP contribution is 2.11. The average Bonchev–Trinajstić information content (AvgIpc) is 1.80. The summed E-state index contributed by atoms with van der Waals surface area (Å²) in [7, 11) is 0. The zero-order chi connectivity index (χ0) is 11.1. The maximum atomic E-state index is 10.6. The van der Waals surface area contributed by atoms with Crippen LogP contribution in [0.5, 0.6) is 0 Å². The predicted molar refractivity (Wildman–Crippen MR) is 27.1 cm³/mol. The number of carbonyl (C=O) groups is 1. The number of carboxylic acids is 1. The van der Waals surface area contributed by atoms with Gasteiger partial charge in [0.2, 0.25) is 0 Å². The van der Waals surface area contributed by atoms with Gasteiger partial charge in [-0.05, 0) is 20.6 Å². The van der Waals surface area contributed by atoms with E-state index in [1.54, 1.807) is 0 Å². The molecule has 0 aromatic heterocycles. The summed E-state index contributed by atoms with van der Waals surface area (Å²) in [6.07, 6.45) is 0. The van der Waals surface area contributed by atoms with E-state index in [1.807, 2.05) is 0 Å². The van der Waals surface area contributed by atoms with Crippen LogP contribution in [0.3, 0.4) is 0 Å². The summed E-state index contributed by atoms with van der Waals surface area (Å²) in [5.41, 5.74) is -2.71. The van der Waals surface area contributed by atoms with E-state index in [0.29, 0.717) is 6.92 Å². The molecule has 0 atom stereocenters. The maximum Gasteiger partial charge on any atom is 0.308 e. The molecular weight excluding hydrogens is 92.1 g/mol. The van der Waals surface area contributed by atoms with E-state index in [9.17, 15) is 4.79 Å². The Labute approximate surface area is 51.6 Å². The lowest BCUT2D eigenvalue weighted by atomic mass is 9.98. The molecule has 0 radical (unpaired) electrons. The molecule has 2 nitrogen and oxygen atoms in total. The van der Waals surface area contributed by atoms with Gasteiger partial charge in [-0.1, -0.05) is 0 Å². The van der Waals surface area contributed by atoms with Crippen LogP contribution in [-0.4, -0.2) is 11.1 Å². The summed E-state index contributed by atoms with van der Waals surface area (Å²) in [4.78, 5) is 10.6. The highest BCUT2D eigenvalue weighted by Gasteiger charge is 2.18. The van der Waals surface area contributed by atoms with Crippen LogP contribution in [0.4, 0.5) is 0 Å². The Morgan fingerprint density at radius 2 is 2.29 bits per heavy atom. The second kappa shape index (κ2) is 1.52. The molecule has 0 saturated carbocycles. The van der Waals surface area contributed by atoms with Crippen LogP contribution < -0.4 is 0 Å². The molecule has 0 amide bonds. The summed E-state index contributed by atoms with van der Waals surface area (Å²) < 4.78 is 41.2. The molecule has 0 aliphatic heterocycles. The van der Waals surface area contributed by atoms with Crippen molar-refractivity contribution in [2.24, 2.45) is 5.41 Å². The normalized spacial score (nSPS) is 27.6. The van der Waals surface area contributed by atoms with Crippen molar-refractivity contribution in [2.75, 3.05) is 0 Å². The fraction of sp³-hybridized carbons (Fsp3) is 0.800. The van der Waals surface area contributed by atoms with Gasteiger partial charge in [-0.3, -0.25) is 4.79 Å². The minimum Gasteiger partial charge on any atom is -0.481 e. The van der Waals surface area contributed by atoms with Crippen LogP contribution >= 0.6 is 0 Å². The zero-order valence-corrected chi connectivity index (χ0v) is 3.86. The van der Waals surface area contributed by atoms with Crippen molar-refractivity contribution >= 4 is 5.97 Å². The Morgan fingerprint density at radius 3 is 2.29 bits per heavy atom. The molecule has 42 valence electrons. The fourth-order valence-corrected chi connectivity index (χ4v) is 0. The van der Waals surface area contributed by atoms with E-state index in [0.717, 1.165) is 0 Å². The summed E-state index contributed by atoms with van der Waals surface area (Å²) in [5, 5.41) is 8.58. The number of hydrogen-bond acceptors (Lipinski definition) is 1. The third kappa shape index (κ3) is 2.20. The van der Waals surface area contributed by atoms with Gasteiger partial charge < -0.3 is 5.11 Å². The van der Waals surface area contributed by atoms with Gasteiger partial charge in [-0.15, -0.1) is 0 Å². The van der Waals surface area contributed by atoms with Crippen molar-refractivity contribution in [3.63, 3.8) is 0 Å². The standard InChI is InChI=1S/C5H10O2/c1-5(2,3)4(6)7/h1-3H3,(H,6,7)/i1D3,2D3. The second-order valence-electron chi connectivity index (χ2n) is 1.43. The Bertz CT molecular complexity index is 200. The highest BCUT2D eigenvalue weighted by atomic mass is 16.4. The van der Waals surface area contributed by atoms with Crippen LogP contribution in [0.2, 0.25) is 0 Å². The van der Waals surface area contributed by atoms with Crippen LogP contribution in [-0.2, 0) is 4.79 Å². The van der Waals surface area contributed by atoms with Crippen LogP contribution in [0.25, 0.3) is 0 Å². The van der Waals surface area contributed by atoms with Crippen LogP contribution in [0.1, 0.15) is 28.9 Å². The van der Waals surface area contributed by atoms with Crippen molar-refractivity contribution in [2.45, 2.75) is 20.6 Å². The van der Waals surface area contributed by atoms with Gasteiger partial charge in [0.25, 0.3) is 0 Å². The smallest absolute Gasteiger partial charge is 0.308 e. The molecule has 0 aromatic carbocycles. The first-order valence-corrected chi connectivity index (χ1v) is 1.68. The molecule has 0 saturated heterocycles. The molecular formula is C5H10O2. The molecule has 2 heteroatoms. The first-order chi connectivity index (χ1) is 5.44. The molecule has 0 aliphatic carbocycles. The molecule has 0 spiro atoms. The average molecular weight is 108 g/mol. The van der Waals surface area contributed by atoms with Gasteiger partial charge in [-0.2, -0.15) is 0 Å². The molecule has 0 unspecified atom stereocenters. The van der Waals surface area contributed by atoms with Gasteiger partial charge in [0, 0.05) is 8.22 Å². The lowest BCUT2D eigenvalue weighted by Gasteiger charge is -2.08. The predicted octanol–water partition coefficient (Wildman–Crippen LogP) is 1.12. The molecule has 7 heavy (non-hydrogen) atoms. The third-order valence-electron chi connectivity index (χ3n) is 0.428. The van der Waals surface area contributed by atoms with E-state index >= 15 is 0 Å². The number of carboxylic acid groups (broad SMARTS) is 1. The van der Waals surface area contributed by atoms with Gasteiger partial charge in [0.1, 0.15) is 0 Å². The van der Waals surface area contributed by atoms with Crippen LogP contribution in [0, 0.1) is 5.41 Å². The van der Waals surface area contributed by atoms with Gasteiger partial charge >= 0.3 is 5.97 Å². The second-order valence-corrected chi connectivity index (χ2v) is 1.43. The largest absolute Gasteiger partial charge is 0.481 e. The van der Waals surface area contributed by atoms with E-state index in [4.69, 9.17) is 13.3 Å². The molecule has 0 aromatic rings. The molecule has 0 aliphatic rings. The number of rotatable bonds is 0. The summed E-state index contributed by atoms with van der Waals surface area (Å²) in [6.45, 7) is -5.40. The van der Waals surface area contributed by atoms with Crippen molar-refractivity contribution in [1.29, 1.82) is 0 Å². The van der Waals surface area contributed by atoms with E-state index in [-0.39, 0.29) is 0 Å². The fourth-order valence-electron chi connectivity index (χ4n) is 0. The molecule has 0 rings (SSSR count). The lowest BCUT2D eigenvalue weighted by molar-refractivity contribution is -0.145. The Morgan fingerprint density at radius 1 is 1.86 bits per heavy atom. The highest BCUT2D eigenvalue weighted by molar-refractivity contribution is 5.72. The quantitative estimate of drug-likeness (QED) is 0.505. The molecule has 0 fully saturated rings. The molecule has 0 bridgehead atoms. The maximum absolute atomic E-state index is 10.6. The van der Waals surface area contributed by atoms with E-state index < -0.39 is 25.1 Å². The Balaban J connectivity index is 5.35. The van der Waals surface area contributed by atoms with Gasteiger partial charge in [0.15, 0.2) is 0 Å². The summed E-state index contributed by atoms with van der Waals surface area (Å²) in [5.74, 6) is -1.84. The third-order valence-corrected chi connectivity index (χ3v) is 0.428. The molecule has 0 heterocycles. The van der Waals surface area contributed by atoms with Crippen molar-refractivity contribution < 1.29 is 18.1 Å². The summed E-state index contributed by atoms with van der Waals surface area (Å²) in [6, 6.07) is 0. The molecule has 1 N–H and O–H groups in total. The first kappa shape index (κ1) is 1.47. The Kier molecular flexibility index (Phi) is 0.320. The van der Waals surface area contributed by atoms with E-state index in [1.165, 1.54) is 0 Å². The van der Waals surface area contributed by atoms with Gasteiger partial charge in [-0.25, -0.2) is 0 Å². The van der Waals surface area contributed by atoms with Crippen molar-refractivity contribution in [1.82, 2.24) is 0 Å². The summed E-state index contributed by atoms with van der Waals surface area (Å²) >= 11 is 0. The Hall–Kier alpha value is -0.530. The van der Waals surface area contributed by atoms with Crippen molar-refractivity contribution in [3.05, 3.63) is 0 Å². The van der Waals surface area contributed by atoms with Gasteiger partial charge in [0.05, 0.1) is 5.41 Å². The number of hydrogen-bond donors (Lipinski definition) is 1. The monoisotopic (exact) mass is 108 g/mol. The topological polar surface area (TPSA) is 37.3 Å².